The highest BCUT2D eigenvalue weighted by Gasteiger charge is 2.20. The van der Waals surface area contributed by atoms with Gasteiger partial charge >= 0.3 is 0 Å². The first-order chi connectivity index (χ1) is 7.20. The second kappa shape index (κ2) is 5.78. The molecule has 2 unspecified atom stereocenters. The van der Waals surface area contributed by atoms with Crippen molar-refractivity contribution in [3.63, 3.8) is 0 Å². The van der Waals surface area contributed by atoms with Crippen LogP contribution in [0.1, 0.15) is 25.5 Å². The highest BCUT2D eigenvalue weighted by molar-refractivity contribution is 5.18. The van der Waals surface area contributed by atoms with E-state index >= 15 is 0 Å². The van der Waals surface area contributed by atoms with Crippen molar-refractivity contribution in [2.45, 2.75) is 26.0 Å². The van der Waals surface area contributed by atoms with Crippen molar-refractivity contribution in [2.24, 2.45) is 0 Å². The van der Waals surface area contributed by atoms with Gasteiger partial charge in [0, 0.05) is 18.4 Å². The topological polar surface area (TPSA) is 34.1 Å². The summed E-state index contributed by atoms with van der Waals surface area (Å²) in [5.41, 5.74) is 0.591. The third kappa shape index (κ3) is 2.97. The second-order valence-corrected chi connectivity index (χ2v) is 3.32. The molecule has 84 valence electrons. The molecule has 2 atom stereocenters. The van der Waals surface area contributed by atoms with Gasteiger partial charge in [-0.15, -0.1) is 0 Å². The second-order valence-electron chi connectivity index (χ2n) is 3.32. The SMILES string of the molecule is CCOC(C)C(NC)c1ccncc1F. The van der Waals surface area contributed by atoms with Gasteiger partial charge in [-0.1, -0.05) is 0 Å². The average Bonchev–Trinajstić information content (AvgIpc) is 2.22. The molecular formula is C11H17FN2O. The highest BCUT2D eigenvalue weighted by Crippen LogP contribution is 2.20. The van der Waals surface area contributed by atoms with Crippen molar-refractivity contribution in [1.29, 1.82) is 0 Å². The molecule has 0 saturated carbocycles. The van der Waals surface area contributed by atoms with Crippen molar-refractivity contribution in [3.8, 4) is 0 Å². The Kier molecular flexibility index (Phi) is 4.65. The molecule has 0 amide bonds. The number of hydrogen-bond acceptors (Lipinski definition) is 3. The maximum atomic E-state index is 13.5. The molecule has 0 aliphatic heterocycles. The van der Waals surface area contributed by atoms with Crippen LogP contribution in [0.2, 0.25) is 0 Å². The molecule has 1 aromatic heterocycles. The summed E-state index contributed by atoms with van der Waals surface area (Å²) in [6, 6.07) is 1.53. The Morgan fingerprint density at radius 2 is 2.33 bits per heavy atom. The standard InChI is InChI=1S/C11H17FN2O/c1-4-15-8(2)11(13-3)9-5-6-14-7-10(9)12/h5-8,11,13H,4H2,1-3H3. The Morgan fingerprint density at radius 3 is 2.87 bits per heavy atom. The van der Waals surface area contributed by atoms with E-state index in [4.69, 9.17) is 4.74 Å². The van der Waals surface area contributed by atoms with Crippen LogP contribution in [0.3, 0.4) is 0 Å². The normalized spacial score (nSPS) is 14.9. The molecule has 0 fully saturated rings. The van der Waals surface area contributed by atoms with Crippen molar-refractivity contribution in [2.75, 3.05) is 13.7 Å². The Morgan fingerprint density at radius 1 is 1.60 bits per heavy atom. The number of halogens is 1. The van der Waals surface area contributed by atoms with Crippen molar-refractivity contribution in [1.82, 2.24) is 10.3 Å². The number of ether oxygens (including phenoxy) is 1. The molecule has 1 heterocycles. The zero-order valence-electron chi connectivity index (χ0n) is 9.33. The molecule has 0 bridgehead atoms. The molecular weight excluding hydrogens is 195 g/mol. The highest BCUT2D eigenvalue weighted by atomic mass is 19.1. The summed E-state index contributed by atoms with van der Waals surface area (Å²) >= 11 is 0. The summed E-state index contributed by atoms with van der Waals surface area (Å²) in [6.45, 7) is 4.46. The van der Waals surface area contributed by atoms with E-state index in [-0.39, 0.29) is 18.0 Å². The number of aromatic nitrogens is 1. The predicted molar refractivity (Wildman–Crippen MR) is 57.1 cm³/mol. The first-order valence-corrected chi connectivity index (χ1v) is 5.09. The third-order valence-electron chi connectivity index (χ3n) is 2.35. The zero-order chi connectivity index (χ0) is 11.3. The molecule has 0 radical (unpaired) electrons. The molecule has 0 aliphatic carbocycles. The molecule has 0 aliphatic rings. The van der Waals surface area contributed by atoms with Crippen molar-refractivity contribution in [3.05, 3.63) is 29.8 Å². The molecule has 1 N–H and O–H groups in total. The van der Waals surface area contributed by atoms with Crippen LogP contribution in [0, 0.1) is 5.82 Å². The minimum absolute atomic E-state index is 0.0723. The van der Waals surface area contributed by atoms with Gasteiger partial charge in [0.15, 0.2) is 0 Å². The molecule has 1 aromatic rings. The van der Waals surface area contributed by atoms with Gasteiger partial charge in [0.2, 0.25) is 0 Å². The lowest BCUT2D eigenvalue weighted by Gasteiger charge is -2.23. The van der Waals surface area contributed by atoms with E-state index in [1.807, 2.05) is 13.8 Å². The van der Waals surface area contributed by atoms with Crippen molar-refractivity contribution >= 4 is 0 Å². The fourth-order valence-electron chi connectivity index (χ4n) is 1.64. The van der Waals surface area contributed by atoms with Crippen LogP contribution in [-0.4, -0.2) is 24.7 Å². The van der Waals surface area contributed by atoms with Crippen LogP contribution in [-0.2, 0) is 4.74 Å². The minimum Gasteiger partial charge on any atom is -0.377 e. The number of rotatable bonds is 5. The number of nitrogens with one attached hydrogen (secondary N) is 1. The zero-order valence-corrected chi connectivity index (χ0v) is 9.33. The third-order valence-corrected chi connectivity index (χ3v) is 2.35. The van der Waals surface area contributed by atoms with Gasteiger partial charge in [0.05, 0.1) is 18.3 Å². The molecule has 15 heavy (non-hydrogen) atoms. The number of pyridine rings is 1. The monoisotopic (exact) mass is 212 g/mol. The van der Waals surface area contributed by atoms with Gasteiger partial charge in [-0.05, 0) is 27.0 Å². The largest absolute Gasteiger partial charge is 0.377 e. The first kappa shape index (κ1) is 12.1. The van der Waals surface area contributed by atoms with E-state index in [0.717, 1.165) is 0 Å². The van der Waals surface area contributed by atoms with Gasteiger partial charge in [-0.3, -0.25) is 4.98 Å². The number of likely N-dealkylation sites (N-methyl/N-ethyl adjacent to an activating group) is 1. The van der Waals surface area contributed by atoms with E-state index in [2.05, 4.69) is 10.3 Å². The fourth-order valence-corrected chi connectivity index (χ4v) is 1.64. The van der Waals surface area contributed by atoms with E-state index in [1.165, 1.54) is 6.20 Å². The van der Waals surface area contributed by atoms with Gasteiger partial charge in [0.1, 0.15) is 5.82 Å². The van der Waals surface area contributed by atoms with Gasteiger partial charge in [-0.2, -0.15) is 0 Å². The Hall–Kier alpha value is -1.00. The van der Waals surface area contributed by atoms with Crippen molar-refractivity contribution < 1.29 is 9.13 Å². The maximum Gasteiger partial charge on any atom is 0.146 e. The van der Waals surface area contributed by atoms with E-state index < -0.39 is 0 Å². The lowest BCUT2D eigenvalue weighted by Crippen LogP contribution is -2.30. The fraction of sp³-hybridized carbons (Fsp3) is 0.545. The van der Waals surface area contributed by atoms with E-state index in [9.17, 15) is 4.39 Å². The number of nitrogens with zero attached hydrogens (tertiary/aromatic N) is 1. The Labute approximate surface area is 89.7 Å². The van der Waals surface area contributed by atoms with Crippen LogP contribution in [0.4, 0.5) is 4.39 Å². The van der Waals surface area contributed by atoms with Gasteiger partial charge in [0.25, 0.3) is 0 Å². The summed E-state index contributed by atoms with van der Waals surface area (Å²) < 4.78 is 18.9. The van der Waals surface area contributed by atoms with Gasteiger partial charge < -0.3 is 10.1 Å². The molecule has 0 saturated heterocycles. The predicted octanol–water partition coefficient (Wildman–Crippen LogP) is 1.91. The summed E-state index contributed by atoms with van der Waals surface area (Å²) in [5.74, 6) is -0.302. The van der Waals surface area contributed by atoms with E-state index in [0.29, 0.717) is 12.2 Å². The summed E-state index contributed by atoms with van der Waals surface area (Å²) in [5, 5.41) is 3.05. The molecule has 4 heteroatoms. The summed E-state index contributed by atoms with van der Waals surface area (Å²) in [4.78, 5) is 3.72. The van der Waals surface area contributed by atoms with Crippen LogP contribution in [0.15, 0.2) is 18.5 Å². The lowest BCUT2D eigenvalue weighted by molar-refractivity contribution is 0.0483. The molecule has 0 aromatic carbocycles. The van der Waals surface area contributed by atoms with Gasteiger partial charge in [-0.25, -0.2) is 4.39 Å². The Balaban J connectivity index is 2.87. The molecule has 0 spiro atoms. The van der Waals surface area contributed by atoms with Crippen LogP contribution in [0.25, 0.3) is 0 Å². The first-order valence-electron chi connectivity index (χ1n) is 5.09. The maximum absolute atomic E-state index is 13.5. The van der Waals surface area contributed by atoms with E-state index in [1.54, 1.807) is 19.3 Å². The van der Waals surface area contributed by atoms with Crippen LogP contribution >= 0.6 is 0 Å². The lowest BCUT2D eigenvalue weighted by atomic mass is 10.0. The summed E-state index contributed by atoms with van der Waals surface area (Å²) in [7, 11) is 1.79. The quantitative estimate of drug-likeness (QED) is 0.809. The number of hydrogen-bond donors (Lipinski definition) is 1. The smallest absolute Gasteiger partial charge is 0.146 e. The molecule has 1 rings (SSSR count). The van der Waals surface area contributed by atoms with Crippen LogP contribution < -0.4 is 5.32 Å². The molecule has 3 nitrogen and oxygen atoms in total. The van der Waals surface area contributed by atoms with Crippen LogP contribution in [0.5, 0.6) is 0 Å². The average molecular weight is 212 g/mol. The minimum atomic E-state index is -0.302. The Bertz CT molecular complexity index is 306. The summed E-state index contributed by atoms with van der Waals surface area (Å²) in [6.07, 6.45) is 2.73.